The second-order valence-corrected chi connectivity index (χ2v) is 6.90. The summed E-state index contributed by atoms with van der Waals surface area (Å²) in [5, 5.41) is 0. The molecule has 0 aromatic carbocycles. The van der Waals surface area contributed by atoms with Gasteiger partial charge in [-0.1, -0.05) is 103 Å². The molecule has 0 aromatic rings. The van der Waals surface area contributed by atoms with Gasteiger partial charge in [0.05, 0.1) is 0 Å². The molecule has 1 unspecified atom stereocenters. The quantitative estimate of drug-likeness (QED) is 0.118. The van der Waals surface area contributed by atoms with Crippen LogP contribution in [0.25, 0.3) is 0 Å². The molecule has 0 heterocycles. The summed E-state index contributed by atoms with van der Waals surface area (Å²) >= 11 is 0. The van der Waals surface area contributed by atoms with Gasteiger partial charge in [0, 0.05) is 6.08 Å². The zero-order chi connectivity index (χ0) is 17.9. The summed E-state index contributed by atoms with van der Waals surface area (Å²) < 4.78 is 0. The lowest BCUT2D eigenvalue weighted by atomic mass is 10.0. The Morgan fingerprint density at radius 2 is 1.25 bits per heavy atom. The van der Waals surface area contributed by atoms with Crippen molar-refractivity contribution in [2.24, 2.45) is 0 Å². The monoisotopic (exact) mass is 340 g/mol. The standard InChI is InChI=1S/C21H40O3/c1-4-6-7-8-9-10-11-12-13-14-15-16-17-18-19-20(3)23-24-21(22)5-2/h5,20H,2,4,6-19H2,1,3H3. The van der Waals surface area contributed by atoms with Gasteiger partial charge in [0.1, 0.15) is 6.10 Å². The first kappa shape index (κ1) is 23.2. The fourth-order valence-electron chi connectivity index (χ4n) is 2.84. The van der Waals surface area contributed by atoms with Crippen LogP contribution in [0.15, 0.2) is 12.7 Å². The number of hydrogen-bond donors (Lipinski definition) is 0. The minimum absolute atomic E-state index is 0.0359. The van der Waals surface area contributed by atoms with Crippen LogP contribution < -0.4 is 0 Å². The molecule has 0 fully saturated rings. The summed E-state index contributed by atoms with van der Waals surface area (Å²) in [7, 11) is 0. The first-order valence-corrected chi connectivity index (χ1v) is 10.2. The lowest BCUT2D eigenvalue weighted by Crippen LogP contribution is -2.11. The third-order valence-electron chi connectivity index (χ3n) is 4.43. The Morgan fingerprint density at radius 3 is 1.67 bits per heavy atom. The van der Waals surface area contributed by atoms with Crippen molar-refractivity contribution in [3.63, 3.8) is 0 Å². The van der Waals surface area contributed by atoms with E-state index in [0.29, 0.717) is 0 Å². The number of carbonyl (C=O) groups is 1. The number of unbranched alkanes of at least 4 members (excludes halogenated alkanes) is 13. The molecule has 0 N–H and O–H groups in total. The number of rotatable bonds is 18. The van der Waals surface area contributed by atoms with Gasteiger partial charge in [-0.2, -0.15) is 4.89 Å². The van der Waals surface area contributed by atoms with Crippen LogP contribution in [-0.4, -0.2) is 12.1 Å². The van der Waals surface area contributed by atoms with Crippen molar-refractivity contribution >= 4 is 5.97 Å². The normalized spacial score (nSPS) is 12.1. The van der Waals surface area contributed by atoms with Crippen molar-refractivity contribution in [2.75, 3.05) is 0 Å². The molecule has 0 rings (SSSR count). The predicted molar refractivity (Wildman–Crippen MR) is 102 cm³/mol. The van der Waals surface area contributed by atoms with E-state index in [1.807, 2.05) is 6.92 Å². The smallest absolute Gasteiger partial charge is 0.293 e. The highest BCUT2D eigenvalue weighted by atomic mass is 17.2. The summed E-state index contributed by atoms with van der Waals surface area (Å²) in [6, 6.07) is 0. The van der Waals surface area contributed by atoms with Gasteiger partial charge in [-0.3, -0.25) is 4.89 Å². The molecule has 3 heteroatoms. The topological polar surface area (TPSA) is 35.5 Å². The molecule has 0 amide bonds. The minimum atomic E-state index is -0.525. The SMILES string of the molecule is C=CC(=O)OOC(C)CCCCCCCCCCCCCCCC. The molecule has 0 spiro atoms. The second kappa shape index (κ2) is 18.5. The van der Waals surface area contributed by atoms with Gasteiger partial charge in [0.2, 0.25) is 0 Å². The average molecular weight is 341 g/mol. The van der Waals surface area contributed by atoms with Crippen LogP contribution in [0.2, 0.25) is 0 Å². The summed E-state index contributed by atoms with van der Waals surface area (Å²) in [5.74, 6) is -0.525. The van der Waals surface area contributed by atoms with Crippen LogP contribution in [0.3, 0.4) is 0 Å². The van der Waals surface area contributed by atoms with Gasteiger partial charge in [0.15, 0.2) is 0 Å². The first-order valence-electron chi connectivity index (χ1n) is 10.2. The van der Waals surface area contributed by atoms with E-state index < -0.39 is 5.97 Å². The van der Waals surface area contributed by atoms with E-state index in [1.54, 1.807) is 0 Å². The van der Waals surface area contributed by atoms with E-state index in [2.05, 4.69) is 18.4 Å². The molecular formula is C21H40O3. The zero-order valence-electron chi connectivity index (χ0n) is 16.2. The fraction of sp³-hybridized carbons (Fsp3) is 0.857. The minimum Gasteiger partial charge on any atom is -0.293 e. The molecule has 142 valence electrons. The van der Waals surface area contributed by atoms with Crippen molar-refractivity contribution in [3.8, 4) is 0 Å². The average Bonchev–Trinajstić information content (AvgIpc) is 2.59. The predicted octanol–water partition coefficient (Wildman–Crippen LogP) is 6.91. The lowest BCUT2D eigenvalue weighted by Gasteiger charge is -2.10. The van der Waals surface area contributed by atoms with E-state index >= 15 is 0 Å². The van der Waals surface area contributed by atoms with Crippen LogP contribution in [0, 0.1) is 0 Å². The molecule has 1 atom stereocenters. The summed E-state index contributed by atoms with van der Waals surface area (Å²) in [4.78, 5) is 20.4. The third kappa shape index (κ3) is 17.5. The summed E-state index contributed by atoms with van der Waals surface area (Å²) in [6.07, 6.45) is 21.1. The van der Waals surface area contributed by atoms with Crippen LogP contribution >= 0.6 is 0 Å². The van der Waals surface area contributed by atoms with Crippen molar-refractivity contribution < 1.29 is 14.6 Å². The molecule has 0 aliphatic heterocycles. The maximum absolute atomic E-state index is 10.9. The Labute approximate surface area is 150 Å². The van der Waals surface area contributed by atoms with Crippen LogP contribution in [0.4, 0.5) is 0 Å². The van der Waals surface area contributed by atoms with E-state index in [9.17, 15) is 4.79 Å². The summed E-state index contributed by atoms with van der Waals surface area (Å²) in [5.41, 5.74) is 0. The van der Waals surface area contributed by atoms with Crippen molar-refractivity contribution in [2.45, 2.75) is 116 Å². The maximum atomic E-state index is 10.9. The van der Waals surface area contributed by atoms with Crippen LogP contribution in [0.1, 0.15) is 110 Å². The first-order chi connectivity index (χ1) is 11.7. The molecule has 0 aliphatic rings. The Hall–Kier alpha value is -0.830. The van der Waals surface area contributed by atoms with Gasteiger partial charge in [-0.15, -0.1) is 0 Å². The van der Waals surface area contributed by atoms with Gasteiger partial charge >= 0.3 is 5.97 Å². The highest BCUT2D eigenvalue weighted by molar-refractivity contribution is 5.80. The van der Waals surface area contributed by atoms with Gasteiger partial charge < -0.3 is 0 Å². The molecular weight excluding hydrogens is 300 g/mol. The van der Waals surface area contributed by atoms with Gasteiger partial charge in [0.25, 0.3) is 0 Å². The molecule has 0 aliphatic carbocycles. The van der Waals surface area contributed by atoms with E-state index in [-0.39, 0.29) is 6.10 Å². The molecule has 3 nitrogen and oxygen atoms in total. The number of carbonyl (C=O) groups excluding carboxylic acids is 1. The Kier molecular flexibility index (Phi) is 17.9. The fourth-order valence-corrected chi connectivity index (χ4v) is 2.84. The molecule has 0 saturated carbocycles. The van der Waals surface area contributed by atoms with Crippen LogP contribution in [0.5, 0.6) is 0 Å². The Balaban J connectivity index is 3.14. The molecule has 0 saturated heterocycles. The Bertz CT molecular complexity index is 289. The zero-order valence-corrected chi connectivity index (χ0v) is 16.2. The van der Waals surface area contributed by atoms with Crippen LogP contribution in [-0.2, 0) is 14.6 Å². The van der Waals surface area contributed by atoms with E-state index in [4.69, 9.17) is 4.89 Å². The second-order valence-electron chi connectivity index (χ2n) is 6.90. The molecule has 24 heavy (non-hydrogen) atoms. The van der Waals surface area contributed by atoms with Crippen molar-refractivity contribution in [3.05, 3.63) is 12.7 Å². The number of hydrogen-bond acceptors (Lipinski definition) is 3. The summed E-state index contributed by atoms with van der Waals surface area (Å²) in [6.45, 7) is 7.53. The maximum Gasteiger partial charge on any atom is 0.365 e. The van der Waals surface area contributed by atoms with Gasteiger partial charge in [-0.25, -0.2) is 4.79 Å². The molecule has 0 bridgehead atoms. The van der Waals surface area contributed by atoms with E-state index in [0.717, 1.165) is 18.9 Å². The Morgan fingerprint density at radius 1 is 0.833 bits per heavy atom. The lowest BCUT2D eigenvalue weighted by molar-refractivity contribution is -0.291. The highest BCUT2D eigenvalue weighted by Crippen LogP contribution is 2.14. The van der Waals surface area contributed by atoms with E-state index in [1.165, 1.54) is 83.5 Å². The van der Waals surface area contributed by atoms with Crippen molar-refractivity contribution in [1.29, 1.82) is 0 Å². The van der Waals surface area contributed by atoms with Crippen molar-refractivity contribution in [1.82, 2.24) is 0 Å². The molecule has 0 radical (unpaired) electrons. The largest absolute Gasteiger partial charge is 0.365 e. The third-order valence-corrected chi connectivity index (χ3v) is 4.43. The molecule has 0 aromatic heterocycles. The highest BCUT2D eigenvalue weighted by Gasteiger charge is 2.05. The van der Waals surface area contributed by atoms with Gasteiger partial charge in [-0.05, 0) is 13.3 Å².